The Bertz CT molecular complexity index is 2250. The Morgan fingerprint density at radius 3 is 0.919 bits per heavy atom. The second-order valence-electron chi connectivity index (χ2n) is 24.1. The van der Waals surface area contributed by atoms with E-state index < -0.39 is 12.2 Å². The third-order valence-electron chi connectivity index (χ3n) is 15.4. The molecule has 0 spiro atoms. The lowest BCUT2D eigenvalue weighted by molar-refractivity contribution is -0.151. The molecular weight excluding hydrogens is 1080 g/mol. The average molecular weight is 1200 g/mol. The van der Waals surface area contributed by atoms with Gasteiger partial charge < -0.3 is 57.6 Å². The van der Waals surface area contributed by atoms with Gasteiger partial charge in [-0.25, -0.2) is 0 Å². The van der Waals surface area contributed by atoms with E-state index in [2.05, 4.69) is 68.5 Å². The summed E-state index contributed by atoms with van der Waals surface area (Å²) in [5, 5.41) is 20.3. The Morgan fingerprint density at radius 2 is 0.663 bits per heavy atom. The minimum Gasteiger partial charge on any atom is -0.497 e. The van der Waals surface area contributed by atoms with Crippen molar-refractivity contribution in [2.45, 2.75) is 198 Å². The number of esters is 1. The molecule has 13 heteroatoms. The third kappa shape index (κ3) is 33.5. The molecule has 484 valence electrons. The molecule has 0 aliphatic heterocycles. The van der Waals surface area contributed by atoms with Gasteiger partial charge in [-0.1, -0.05) is 142 Å². The van der Waals surface area contributed by atoms with Gasteiger partial charge in [-0.2, -0.15) is 0 Å². The molecule has 2 N–H and O–H groups in total. The predicted molar refractivity (Wildman–Crippen MR) is 350 cm³/mol. The standard InChI is InChI=1S/2C19H30O3.C18H28O4.C17H26O3/c2*1-6-19(20)18(12-7-14(2)3)15(4)22-13-16-8-10-17(21-5)11-9-16;1-13(2)6-11-17(18(19)21-5)14(3)22-12-15-7-9-16(20-4)10-8-15;1-13(2)5-8-16(11-18)14(3)20-12-15-6-9-17(19-4)10-7-15/h2*6,8-11,14-15,18-20H,1,7,12-13H2,2-5H3;7-10,13-14,17H,6,11-12H2,1-5H3;6-7,9-11,13-14,16H,5,8,12H2,1-4H3/t15-,18-,19+;15-,18-,19-;14-,17-;14-,16+/m0000/s1. The monoisotopic (exact) mass is 1200 g/mol. The number of aliphatic hydroxyl groups is 2. The zero-order valence-electron chi connectivity index (χ0n) is 55.8. The largest absolute Gasteiger partial charge is 0.497 e. The second-order valence-corrected chi connectivity index (χ2v) is 24.1. The Morgan fingerprint density at radius 1 is 0.395 bits per heavy atom. The predicted octanol–water partition coefficient (Wildman–Crippen LogP) is 16.1. The molecule has 4 rings (SSSR count). The highest BCUT2D eigenvalue weighted by atomic mass is 16.5. The Labute approximate surface area is 520 Å². The first-order valence-corrected chi connectivity index (χ1v) is 31.1. The van der Waals surface area contributed by atoms with Crippen molar-refractivity contribution < 1.29 is 62.4 Å². The number of aldehydes is 1. The van der Waals surface area contributed by atoms with E-state index in [1.165, 1.54) is 7.11 Å². The molecule has 13 nitrogen and oxygen atoms in total. The minimum absolute atomic E-state index is 0.0179. The first-order valence-electron chi connectivity index (χ1n) is 31.1. The highest BCUT2D eigenvalue weighted by Gasteiger charge is 2.28. The number of ether oxygens (including phenoxy) is 9. The van der Waals surface area contributed by atoms with Crippen molar-refractivity contribution in [3.05, 3.63) is 145 Å². The van der Waals surface area contributed by atoms with Crippen LogP contribution in [0.25, 0.3) is 0 Å². The van der Waals surface area contributed by atoms with Gasteiger partial charge in [-0.05, 0) is 148 Å². The van der Waals surface area contributed by atoms with E-state index in [1.807, 2.05) is 125 Å². The van der Waals surface area contributed by atoms with Crippen LogP contribution in [-0.2, 0) is 59.7 Å². The number of carbonyl (C=O) groups is 2. The number of methoxy groups -OCH3 is 5. The van der Waals surface area contributed by atoms with Gasteiger partial charge in [-0.15, -0.1) is 13.2 Å². The van der Waals surface area contributed by atoms with Gasteiger partial charge in [0, 0.05) is 17.8 Å². The smallest absolute Gasteiger partial charge is 0.311 e. The van der Waals surface area contributed by atoms with E-state index in [1.54, 1.807) is 40.6 Å². The molecular formula is C73H114O13. The quantitative estimate of drug-likeness (QED) is 0.0248. The van der Waals surface area contributed by atoms with Gasteiger partial charge in [0.05, 0.1) is 105 Å². The molecule has 4 aromatic carbocycles. The van der Waals surface area contributed by atoms with Crippen molar-refractivity contribution in [3.63, 3.8) is 0 Å². The first kappa shape index (κ1) is 78.5. The Kier molecular flexibility index (Phi) is 41.7. The number of benzene rings is 4. The zero-order valence-corrected chi connectivity index (χ0v) is 55.8. The summed E-state index contributed by atoms with van der Waals surface area (Å²) in [5.41, 5.74) is 4.35. The molecule has 86 heavy (non-hydrogen) atoms. The second kappa shape index (κ2) is 45.7. The molecule has 0 heterocycles. The summed E-state index contributed by atoms with van der Waals surface area (Å²) in [6.45, 7) is 34.9. The van der Waals surface area contributed by atoms with Gasteiger partial charge in [0.25, 0.3) is 0 Å². The fraction of sp³-hybridized carbons (Fsp3) is 0.589. The minimum atomic E-state index is -0.524. The fourth-order valence-electron chi connectivity index (χ4n) is 9.20. The van der Waals surface area contributed by atoms with E-state index in [4.69, 9.17) is 42.6 Å². The van der Waals surface area contributed by atoms with E-state index in [0.29, 0.717) is 50.1 Å². The molecule has 0 aliphatic rings. The molecule has 0 saturated heterocycles. The maximum absolute atomic E-state index is 11.9. The Hall–Kier alpha value is -5.54. The highest BCUT2D eigenvalue weighted by molar-refractivity contribution is 5.72. The van der Waals surface area contributed by atoms with Gasteiger partial charge >= 0.3 is 5.97 Å². The van der Waals surface area contributed by atoms with E-state index in [0.717, 1.165) is 103 Å². The lowest BCUT2D eigenvalue weighted by atomic mass is 9.89. The molecule has 0 amide bonds. The lowest BCUT2D eigenvalue weighted by Crippen LogP contribution is -2.31. The van der Waals surface area contributed by atoms with Gasteiger partial charge in [-0.3, -0.25) is 4.79 Å². The highest BCUT2D eigenvalue weighted by Crippen LogP contribution is 2.27. The number of carbonyl (C=O) groups excluding carboxylic acids is 2. The molecule has 0 bridgehead atoms. The summed E-state index contributed by atoms with van der Waals surface area (Å²) in [5.74, 6) is 5.49. The van der Waals surface area contributed by atoms with Crippen molar-refractivity contribution in [2.24, 2.45) is 47.3 Å². The van der Waals surface area contributed by atoms with Crippen LogP contribution in [0.15, 0.2) is 122 Å². The summed E-state index contributed by atoms with van der Waals surface area (Å²) < 4.78 is 49.1. The van der Waals surface area contributed by atoms with Crippen LogP contribution in [0.5, 0.6) is 23.0 Å². The maximum atomic E-state index is 11.9. The van der Waals surface area contributed by atoms with Crippen molar-refractivity contribution in [3.8, 4) is 23.0 Å². The SMILES string of the molecule is C=C[C@@H](O)[C@@H](CCC(C)C)[C@H](C)OCc1ccc(OC)cc1.C=C[C@H](O)[C@@H](CCC(C)C)[C@H](C)OCc1ccc(OC)cc1.COC(=O)[C@@H](CCC(C)C)[C@H](C)OCc1ccc(OC)cc1.COc1ccc(CO[C@@H](C)[C@@H](C=O)CCC(C)C)cc1. The maximum Gasteiger partial charge on any atom is 0.311 e. The van der Waals surface area contributed by atoms with Crippen LogP contribution in [0.1, 0.15) is 157 Å². The van der Waals surface area contributed by atoms with Crippen LogP contribution in [0, 0.1) is 47.3 Å². The molecule has 10 atom stereocenters. The number of aliphatic hydroxyl groups excluding tert-OH is 2. The van der Waals surface area contributed by atoms with Crippen molar-refractivity contribution in [1.82, 2.24) is 0 Å². The van der Waals surface area contributed by atoms with Crippen LogP contribution >= 0.6 is 0 Å². The summed E-state index contributed by atoms with van der Waals surface area (Å²) >= 11 is 0. The van der Waals surface area contributed by atoms with Crippen LogP contribution in [-0.4, -0.2) is 94.6 Å². The van der Waals surface area contributed by atoms with Crippen molar-refractivity contribution in [2.75, 3.05) is 35.5 Å². The molecule has 4 aromatic rings. The number of hydrogen-bond donors (Lipinski definition) is 2. The Balaban J connectivity index is 0.000000574. The summed E-state index contributed by atoms with van der Waals surface area (Å²) in [6, 6.07) is 31.2. The molecule has 0 saturated carbocycles. The summed E-state index contributed by atoms with van der Waals surface area (Å²) in [7, 11) is 8.04. The number of hydrogen-bond acceptors (Lipinski definition) is 13. The van der Waals surface area contributed by atoms with Gasteiger partial charge in [0.2, 0.25) is 0 Å². The summed E-state index contributed by atoms with van der Waals surface area (Å²) in [6.07, 6.45) is 10.7. The zero-order chi connectivity index (χ0) is 64.6. The molecule has 0 radical (unpaired) electrons. The average Bonchev–Trinajstić information content (AvgIpc) is 3.73. The fourth-order valence-corrected chi connectivity index (χ4v) is 9.20. The van der Waals surface area contributed by atoms with Gasteiger partial charge in [0.1, 0.15) is 29.3 Å². The van der Waals surface area contributed by atoms with Crippen LogP contribution in [0.2, 0.25) is 0 Å². The topological polar surface area (TPSA) is 158 Å². The summed E-state index contributed by atoms with van der Waals surface area (Å²) in [4.78, 5) is 23.1. The van der Waals surface area contributed by atoms with E-state index in [-0.39, 0.29) is 54.1 Å². The normalized spacial score (nSPS) is 14.6. The first-order chi connectivity index (χ1) is 41.0. The number of rotatable bonds is 38. The van der Waals surface area contributed by atoms with Crippen LogP contribution in [0.3, 0.4) is 0 Å². The molecule has 0 aromatic heterocycles. The van der Waals surface area contributed by atoms with Crippen molar-refractivity contribution >= 4 is 12.3 Å². The van der Waals surface area contributed by atoms with Crippen LogP contribution in [0.4, 0.5) is 0 Å². The third-order valence-corrected chi connectivity index (χ3v) is 15.4. The van der Waals surface area contributed by atoms with E-state index >= 15 is 0 Å². The van der Waals surface area contributed by atoms with Gasteiger partial charge in [0.15, 0.2) is 0 Å². The van der Waals surface area contributed by atoms with Crippen LogP contribution < -0.4 is 18.9 Å². The molecule has 0 aliphatic carbocycles. The van der Waals surface area contributed by atoms with Crippen molar-refractivity contribution in [1.29, 1.82) is 0 Å². The molecule has 0 fully saturated rings. The lowest BCUT2D eigenvalue weighted by Gasteiger charge is -2.28. The molecule has 0 unspecified atom stereocenters. The van der Waals surface area contributed by atoms with E-state index in [9.17, 15) is 19.8 Å².